The molecule has 9 nitrogen and oxygen atoms in total. The molecule has 1 aromatic carbocycles. The first-order valence-electron chi connectivity index (χ1n) is 14.0. The number of benzene rings is 1. The first-order chi connectivity index (χ1) is 18.1. The van der Waals surface area contributed by atoms with E-state index in [0.29, 0.717) is 47.4 Å². The molecule has 0 aliphatic carbocycles. The van der Waals surface area contributed by atoms with Gasteiger partial charge in [0.05, 0.1) is 24.7 Å². The number of ether oxygens (including phenoxy) is 2. The van der Waals surface area contributed by atoms with Crippen molar-refractivity contribution < 1.29 is 22.7 Å². The standard InChI is InChI=1S/C28H46N4O5S/c1-21-6-10-30(11-7-21)24-8-12-31(13-9-24)27(33)20-37-19-25-18-29(4)14-15-32(25)38(34,35)28-22(2)16-26(36-5)17-23(28)3/h16-17,21,24-25H,6-15,18-20H2,1-5H3. The number of amides is 1. The summed E-state index contributed by atoms with van der Waals surface area (Å²) in [5.41, 5.74) is 1.33. The molecule has 3 fully saturated rings. The molecule has 214 valence electrons. The van der Waals surface area contributed by atoms with Gasteiger partial charge < -0.3 is 24.2 Å². The predicted octanol–water partition coefficient (Wildman–Crippen LogP) is 2.36. The number of hydrogen-bond acceptors (Lipinski definition) is 7. The Bertz CT molecular complexity index is 1040. The Hall–Kier alpha value is -1.72. The van der Waals surface area contributed by atoms with Crippen molar-refractivity contribution in [3.8, 4) is 5.75 Å². The second-order valence-electron chi connectivity index (χ2n) is 11.5. The molecule has 0 bridgehead atoms. The number of hydrogen-bond donors (Lipinski definition) is 0. The maximum absolute atomic E-state index is 13.8. The van der Waals surface area contributed by atoms with E-state index in [-0.39, 0.29) is 25.2 Å². The van der Waals surface area contributed by atoms with Crippen molar-refractivity contribution in [2.45, 2.75) is 63.4 Å². The van der Waals surface area contributed by atoms with Crippen molar-refractivity contribution in [1.29, 1.82) is 0 Å². The Morgan fingerprint density at radius 1 is 0.974 bits per heavy atom. The predicted molar refractivity (Wildman–Crippen MR) is 148 cm³/mol. The Morgan fingerprint density at radius 3 is 2.21 bits per heavy atom. The van der Waals surface area contributed by atoms with Crippen LogP contribution in [0.2, 0.25) is 0 Å². The van der Waals surface area contributed by atoms with Crippen molar-refractivity contribution in [2.75, 3.05) is 73.2 Å². The average Bonchev–Trinajstić information content (AvgIpc) is 2.88. The molecule has 0 saturated carbocycles. The molecule has 1 amide bonds. The van der Waals surface area contributed by atoms with Gasteiger partial charge in [-0.2, -0.15) is 4.31 Å². The van der Waals surface area contributed by atoms with Crippen LogP contribution in [0.1, 0.15) is 43.7 Å². The van der Waals surface area contributed by atoms with Gasteiger partial charge in [-0.3, -0.25) is 4.79 Å². The molecule has 0 aromatic heterocycles. The van der Waals surface area contributed by atoms with E-state index in [1.54, 1.807) is 37.4 Å². The van der Waals surface area contributed by atoms with Crippen molar-refractivity contribution >= 4 is 15.9 Å². The SMILES string of the molecule is COc1cc(C)c(S(=O)(=O)N2CCN(C)CC2COCC(=O)N2CCC(N3CCC(C)CC3)CC2)c(C)c1. The molecule has 3 aliphatic heterocycles. The Balaban J connectivity index is 1.32. The summed E-state index contributed by atoms with van der Waals surface area (Å²) >= 11 is 0. The molecule has 38 heavy (non-hydrogen) atoms. The normalized spacial score (nSPS) is 23.6. The first-order valence-corrected chi connectivity index (χ1v) is 15.5. The van der Waals surface area contributed by atoms with E-state index in [9.17, 15) is 13.2 Å². The lowest BCUT2D eigenvalue weighted by atomic mass is 9.95. The van der Waals surface area contributed by atoms with Crippen molar-refractivity contribution in [2.24, 2.45) is 5.92 Å². The minimum atomic E-state index is -3.74. The third-order valence-corrected chi connectivity index (χ3v) is 10.8. The fourth-order valence-electron chi connectivity index (χ4n) is 6.25. The topological polar surface area (TPSA) is 82.6 Å². The van der Waals surface area contributed by atoms with Crippen LogP contribution in [0.3, 0.4) is 0 Å². The van der Waals surface area contributed by atoms with Crippen LogP contribution in [0, 0.1) is 19.8 Å². The number of piperazine rings is 1. The third-order valence-electron chi connectivity index (χ3n) is 8.56. The van der Waals surface area contributed by atoms with E-state index in [4.69, 9.17) is 9.47 Å². The molecule has 1 unspecified atom stereocenters. The lowest BCUT2D eigenvalue weighted by Gasteiger charge is -2.41. The number of aryl methyl sites for hydroxylation is 2. The highest BCUT2D eigenvalue weighted by Crippen LogP contribution is 2.30. The molecule has 3 saturated heterocycles. The quantitative estimate of drug-likeness (QED) is 0.492. The highest BCUT2D eigenvalue weighted by Gasteiger charge is 2.37. The zero-order chi connectivity index (χ0) is 27.4. The van der Waals surface area contributed by atoms with Gasteiger partial charge in [-0.05, 0) is 88.8 Å². The van der Waals surface area contributed by atoms with Gasteiger partial charge in [-0.15, -0.1) is 0 Å². The number of piperidine rings is 2. The molecule has 0 spiro atoms. The Kier molecular flexibility index (Phi) is 9.73. The van der Waals surface area contributed by atoms with Crippen LogP contribution in [-0.4, -0.2) is 119 Å². The zero-order valence-electron chi connectivity index (χ0n) is 23.8. The van der Waals surface area contributed by atoms with Gasteiger partial charge in [-0.1, -0.05) is 6.92 Å². The summed E-state index contributed by atoms with van der Waals surface area (Å²) in [7, 11) is -0.178. The molecular formula is C28H46N4O5S. The lowest BCUT2D eigenvalue weighted by Crippen LogP contribution is -2.56. The van der Waals surface area contributed by atoms with Crippen molar-refractivity contribution in [3.05, 3.63) is 23.3 Å². The zero-order valence-corrected chi connectivity index (χ0v) is 24.6. The minimum Gasteiger partial charge on any atom is -0.497 e. The molecule has 3 heterocycles. The summed E-state index contributed by atoms with van der Waals surface area (Å²) in [5.74, 6) is 1.46. The van der Waals surface area contributed by atoms with Crippen LogP contribution in [0.15, 0.2) is 17.0 Å². The second kappa shape index (κ2) is 12.6. The molecule has 4 rings (SSSR count). The highest BCUT2D eigenvalue weighted by atomic mass is 32.2. The molecule has 10 heteroatoms. The van der Waals surface area contributed by atoms with Gasteiger partial charge in [0.25, 0.3) is 0 Å². The number of likely N-dealkylation sites (N-methyl/N-ethyl adjacent to an activating group) is 1. The largest absolute Gasteiger partial charge is 0.497 e. The van der Waals surface area contributed by atoms with Crippen LogP contribution >= 0.6 is 0 Å². The summed E-state index contributed by atoms with van der Waals surface area (Å²) in [6, 6.07) is 3.73. The monoisotopic (exact) mass is 550 g/mol. The minimum absolute atomic E-state index is 0.00358. The number of carbonyl (C=O) groups is 1. The van der Waals surface area contributed by atoms with E-state index in [0.717, 1.165) is 31.8 Å². The van der Waals surface area contributed by atoms with E-state index in [1.165, 1.54) is 25.9 Å². The smallest absolute Gasteiger partial charge is 0.248 e. The molecule has 1 aromatic rings. The molecule has 1 atom stereocenters. The lowest BCUT2D eigenvalue weighted by molar-refractivity contribution is -0.138. The number of likely N-dealkylation sites (tertiary alicyclic amines) is 2. The fourth-order valence-corrected chi connectivity index (χ4v) is 8.25. The maximum Gasteiger partial charge on any atom is 0.248 e. The number of methoxy groups -OCH3 is 1. The number of rotatable bonds is 8. The van der Waals surface area contributed by atoms with E-state index in [1.807, 2.05) is 11.9 Å². The molecule has 0 radical (unpaired) electrons. The first kappa shape index (κ1) is 29.3. The van der Waals surface area contributed by atoms with E-state index in [2.05, 4.69) is 16.7 Å². The maximum atomic E-state index is 13.8. The van der Waals surface area contributed by atoms with Gasteiger partial charge in [0, 0.05) is 38.8 Å². The van der Waals surface area contributed by atoms with E-state index < -0.39 is 10.0 Å². The fraction of sp³-hybridized carbons (Fsp3) is 0.750. The van der Waals surface area contributed by atoms with Gasteiger partial charge in [0.15, 0.2) is 0 Å². The van der Waals surface area contributed by atoms with E-state index >= 15 is 0 Å². The van der Waals surface area contributed by atoms with Gasteiger partial charge in [0.1, 0.15) is 12.4 Å². The summed E-state index contributed by atoms with van der Waals surface area (Å²) in [6.45, 7) is 11.6. The summed E-state index contributed by atoms with van der Waals surface area (Å²) in [6.07, 6.45) is 4.57. The Labute approximate surface area is 229 Å². The van der Waals surface area contributed by atoms with Crippen molar-refractivity contribution in [3.63, 3.8) is 0 Å². The van der Waals surface area contributed by atoms with Crippen molar-refractivity contribution in [1.82, 2.24) is 19.0 Å². The molecule has 0 N–H and O–H groups in total. The van der Waals surface area contributed by atoms with Crippen LogP contribution in [-0.2, 0) is 19.6 Å². The van der Waals surface area contributed by atoms with Crippen LogP contribution in [0.5, 0.6) is 5.75 Å². The summed E-state index contributed by atoms with van der Waals surface area (Å²) in [5, 5.41) is 0. The average molecular weight is 551 g/mol. The van der Waals surface area contributed by atoms with Gasteiger partial charge in [-0.25, -0.2) is 8.42 Å². The van der Waals surface area contributed by atoms with Gasteiger partial charge in [0.2, 0.25) is 15.9 Å². The third kappa shape index (κ3) is 6.70. The van der Waals surface area contributed by atoms with Crippen LogP contribution < -0.4 is 4.74 Å². The summed E-state index contributed by atoms with van der Waals surface area (Å²) in [4.78, 5) is 19.9. The Morgan fingerprint density at radius 2 is 1.61 bits per heavy atom. The number of carbonyl (C=O) groups excluding carboxylic acids is 1. The van der Waals surface area contributed by atoms with Crippen LogP contribution in [0.4, 0.5) is 0 Å². The highest BCUT2D eigenvalue weighted by molar-refractivity contribution is 7.89. The summed E-state index contributed by atoms with van der Waals surface area (Å²) < 4.78 is 40.4. The number of sulfonamides is 1. The van der Waals surface area contributed by atoms with Gasteiger partial charge >= 0.3 is 0 Å². The molecule has 3 aliphatic rings. The van der Waals surface area contributed by atoms with Crippen LogP contribution in [0.25, 0.3) is 0 Å². The molecular weight excluding hydrogens is 504 g/mol. The number of nitrogens with zero attached hydrogens (tertiary/aromatic N) is 4. The second-order valence-corrected chi connectivity index (χ2v) is 13.3.